The van der Waals surface area contributed by atoms with Crippen LogP contribution in [0.15, 0.2) is 46.8 Å². The molecule has 1 aromatic heterocycles. The highest BCUT2D eigenvalue weighted by atomic mass is 35.5. The van der Waals surface area contributed by atoms with E-state index in [1.54, 1.807) is 40.9 Å². The zero-order valence-electron chi connectivity index (χ0n) is 15.6. The number of benzene rings is 2. The van der Waals surface area contributed by atoms with E-state index in [4.69, 9.17) is 28.6 Å². The summed E-state index contributed by atoms with van der Waals surface area (Å²) < 4.78 is 21.7. The van der Waals surface area contributed by atoms with Crippen LogP contribution >= 0.6 is 46.9 Å². The van der Waals surface area contributed by atoms with Gasteiger partial charge in [-0.25, -0.2) is 9.07 Å². The SMILES string of the molecule is COc1ccc(CN(C)C(=O)CSc2nn(-c3ccc(Cl)cc3)c(=S)s2)cc1F. The minimum absolute atomic E-state index is 0.0922. The van der Waals surface area contributed by atoms with Gasteiger partial charge in [0, 0.05) is 18.6 Å². The molecule has 0 unspecified atom stereocenters. The van der Waals surface area contributed by atoms with Gasteiger partial charge >= 0.3 is 0 Å². The van der Waals surface area contributed by atoms with Crippen LogP contribution in [0, 0.1) is 9.77 Å². The van der Waals surface area contributed by atoms with Crippen molar-refractivity contribution < 1.29 is 13.9 Å². The Balaban J connectivity index is 1.60. The van der Waals surface area contributed by atoms with Gasteiger partial charge in [0.1, 0.15) is 0 Å². The topological polar surface area (TPSA) is 47.4 Å². The molecule has 0 bridgehead atoms. The molecule has 0 aliphatic carbocycles. The Morgan fingerprint density at radius 3 is 2.72 bits per heavy atom. The summed E-state index contributed by atoms with van der Waals surface area (Å²) in [5, 5.41) is 5.11. The van der Waals surface area contributed by atoms with E-state index >= 15 is 0 Å². The summed E-state index contributed by atoms with van der Waals surface area (Å²) in [4.78, 5) is 14.0. The molecule has 29 heavy (non-hydrogen) atoms. The molecule has 2 aromatic carbocycles. The summed E-state index contributed by atoms with van der Waals surface area (Å²) in [6, 6.07) is 11.9. The number of carbonyl (C=O) groups excluding carboxylic acids is 1. The van der Waals surface area contributed by atoms with E-state index in [9.17, 15) is 9.18 Å². The molecule has 0 aliphatic rings. The van der Waals surface area contributed by atoms with Crippen molar-refractivity contribution >= 4 is 52.8 Å². The number of rotatable bonds is 7. The smallest absolute Gasteiger partial charge is 0.233 e. The minimum Gasteiger partial charge on any atom is -0.494 e. The van der Waals surface area contributed by atoms with Gasteiger partial charge in [-0.15, -0.1) is 5.10 Å². The Morgan fingerprint density at radius 2 is 2.07 bits per heavy atom. The maximum absolute atomic E-state index is 13.8. The first-order valence-corrected chi connectivity index (χ1v) is 11.0. The summed E-state index contributed by atoms with van der Waals surface area (Å²) in [6.45, 7) is 0.301. The van der Waals surface area contributed by atoms with Crippen LogP contribution in [-0.4, -0.2) is 40.5 Å². The summed E-state index contributed by atoms with van der Waals surface area (Å²) >= 11 is 13.9. The van der Waals surface area contributed by atoms with E-state index < -0.39 is 5.82 Å². The van der Waals surface area contributed by atoms with E-state index in [2.05, 4.69) is 5.10 Å². The van der Waals surface area contributed by atoms with Crippen LogP contribution in [0.5, 0.6) is 5.75 Å². The molecule has 0 radical (unpaired) electrons. The maximum Gasteiger partial charge on any atom is 0.233 e. The van der Waals surface area contributed by atoms with Crippen molar-refractivity contribution in [2.24, 2.45) is 0 Å². The molecule has 0 saturated heterocycles. The quantitative estimate of drug-likeness (QED) is 0.351. The van der Waals surface area contributed by atoms with E-state index in [0.29, 0.717) is 25.4 Å². The Bertz CT molecular complexity index is 1070. The van der Waals surface area contributed by atoms with Crippen LogP contribution in [0.4, 0.5) is 4.39 Å². The van der Waals surface area contributed by atoms with Gasteiger partial charge in [-0.1, -0.05) is 40.8 Å². The first-order chi connectivity index (χ1) is 13.9. The van der Waals surface area contributed by atoms with E-state index in [-0.39, 0.29) is 17.4 Å². The summed E-state index contributed by atoms with van der Waals surface area (Å²) in [7, 11) is 3.09. The fourth-order valence-corrected chi connectivity index (χ4v) is 4.90. The van der Waals surface area contributed by atoms with E-state index in [0.717, 1.165) is 5.69 Å². The summed E-state index contributed by atoms with van der Waals surface area (Å²) in [5.74, 6) is -0.160. The number of methoxy groups -OCH3 is 1. The zero-order valence-corrected chi connectivity index (χ0v) is 18.8. The minimum atomic E-state index is -0.451. The molecule has 10 heteroatoms. The fraction of sp³-hybridized carbons (Fsp3) is 0.211. The van der Waals surface area contributed by atoms with Gasteiger partial charge in [0.15, 0.2) is 19.9 Å². The molecular weight excluding hydrogens is 453 g/mol. The molecular formula is C19H17ClFN3O2S3. The standard InChI is InChI=1S/C19H17ClFN3O2S3/c1-23(10-12-3-8-16(26-2)15(21)9-12)17(25)11-28-18-22-24(19(27)29-18)14-6-4-13(20)5-7-14/h3-9H,10-11H2,1-2H3. The molecule has 152 valence electrons. The lowest BCUT2D eigenvalue weighted by atomic mass is 10.2. The Labute approximate surface area is 186 Å². The number of ether oxygens (including phenoxy) is 1. The number of hydrogen-bond donors (Lipinski definition) is 0. The van der Waals surface area contributed by atoms with Crippen LogP contribution in [0.25, 0.3) is 5.69 Å². The predicted molar refractivity (Wildman–Crippen MR) is 117 cm³/mol. The Kier molecular flexibility index (Phi) is 7.28. The lowest BCUT2D eigenvalue weighted by Gasteiger charge is -2.17. The molecule has 0 N–H and O–H groups in total. The van der Waals surface area contributed by atoms with E-state index in [1.807, 2.05) is 12.1 Å². The molecule has 5 nitrogen and oxygen atoms in total. The average molecular weight is 470 g/mol. The molecule has 1 amide bonds. The number of amides is 1. The van der Waals surface area contributed by atoms with Crippen molar-refractivity contribution in [1.82, 2.24) is 14.7 Å². The number of carbonyl (C=O) groups is 1. The molecule has 3 rings (SSSR count). The second-order valence-corrected chi connectivity index (χ2v) is 9.31. The van der Waals surface area contributed by atoms with Crippen molar-refractivity contribution in [2.45, 2.75) is 10.9 Å². The molecule has 3 aromatic rings. The van der Waals surface area contributed by atoms with E-state index in [1.165, 1.54) is 36.3 Å². The van der Waals surface area contributed by atoms with Gasteiger partial charge in [0.05, 0.1) is 18.6 Å². The lowest BCUT2D eigenvalue weighted by molar-refractivity contribution is -0.127. The normalized spacial score (nSPS) is 10.8. The van der Waals surface area contributed by atoms with Gasteiger partial charge in [-0.2, -0.15) is 0 Å². The maximum atomic E-state index is 13.8. The molecule has 0 atom stereocenters. The van der Waals surface area contributed by atoms with Crippen molar-refractivity contribution in [3.8, 4) is 11.4 Å². The summed E-state index contributed by atoms with van der Waals surface area (Å²) in [6.07, 6.45) is 0. The number of halogens is 2. The third-order valence-electron chi connectivity index (χ3n) is 3.98. The van der Waals surface area contributed by atoms with Gasteiger partial charge in [-0.05, 0) is 54.2 Å². The largest absolute Gasteiger partial charge is 0.494 e. The molecule has 0 fully saturated rings. The van der Waals surface area contributed by atoms with Gasteiger partial charge in [0.25, 0.3) is 0 Å². The van der Waals surface area contributed by atoms with Crippen molar-refractivity contribution in [3.63, 3.8) is 0 Å². The first-order valence-electron chi connectivity index (χ1n) is 8.42. The zero-order chi connectivity index (χ0) is 21.0. The lowest BCUT2D eigenvalue weighted by Crippen LogP contribution is -2.27. The molecule has 0 saturated carbocycles. The van der Waals surface area contributed by atoms with Gasteiger partial charge in [0.2, 0.25) is 5.91 Å². The van der Waals surface area contributed by atoms with Crippen molar-refractivity contribution in [2.75, 3.05) is 19.9 Å². The Hall–Kier alpha value is -1.94. The molecule has 1 heterocycles. The highest BCUT2D eigenvalue weighted by Gasteiger charge is 2.14. The fourth-order valence-electron chi connectivity index (χ4n) is 2.47. The highest BCUT2D eigenvalue weighted by molar-refractivity contribution is 8.01. The number of aromatic nitrogens is 2. The number of hydrogen-bond acceptors (Lipinski definition) is 6. The molecule has 0 spiro atoms. The van der Waals surface area contributed by atoms with Crippen LogP contribution in [0.1, 0.15) is 5.56 Å². The van der Waals surface area contributed by atoms with Crippen LogP contribution in [0.3, 0.4) is 0 Å². The predicted octanol–water partition coefficient (Wildman–Crippen LogP) is 5.22. The highest BCUT2D eigenvalue weighted by Crippen LogP contribution is 2.25. The van der Waals surface area contributed by atoms with Crippen LogP contribution in [0.2, 0.25) is 5.02 Å². The number of thioether (sulfide) groups is 1. The van der Waals surface area contributed by atoms with Gasteiger partial charge in [-0.3, -0.25) is 4.79 Å². The second kappa shape index (κ2) is 9.71. The van der Waals surface area contributed by atoms with Crippen LogP contribution in [-0.2, 0) is 11.3 Å². The molecule has 0 aliphatic heterocycles. The van der Waals surface area contributed by atoms with Crippen molar-refractivity contribution in [1.29, 1.82) is 0 Å². The monoisotopic (exact) mass is 469 g/mol. The van der Waals surface area contributed by atoms with Crippen molar-refractivity contribution in [3.05, 3.63) is 62.8 Å². The third-order valence-corrected chi connectivity index (χ3v) is 6.58. The average Bonchev–Trinajstić information content (AvgIpc) is 3.07. The number of nitrogens with zero attached hydrogens (tertiary/aromatic N) is 3. The van der Waals surface area contributed by atoms with Crippen LogP contribution < -0.4 is 4.74 Å². The third kappa shape index (κ3) is 5.57. The first kappa shape index (κ1) is 21.8. The Morgan fingerprint density at radius 1 is 1.34 bits per heavy atom. The second-order valence-electron chi connectivity index (χ2n) is 6.03. The van der Waals surface area contributed by atoms with Gasteiger partial charge < -0.3 is 9.64 Å². The summed E-state index contributed by atoms with van der Waals surface area (Å²) in [5.41, 5.74) is 1.50.